The van der Waals surface area contributed by atoms with Crippen molar-refractivity contribution in [1.29, 1.82) is 0 Å². The topological polar surface area (TPSA) is 76.6 Å². The van der Waals surface area contributed by atoms with E-state index in [1.165, 1.54) is 24.3 Å². The Labute approximate surface area is 173 Å². The molecule has 2 aromatic carbocycles. The molecule has 0 aliphatic carbocycles. The molecule has 5 nitrogen and oxygen atoms in total. The van der Waals surface area contributed by atoms with Crippen molar-refractivity contribution in [2.45, 2.75) is 13.3 Å². The number of fused-ring (bicyclic) bond motifs is 1. The third-order valence-corrected chi connectivity index (χ3v) is 5.05. The summed E-state index contributed by atoms with van der Waals surface area (Å²) >= 11 is 0. The van der Waals surface area contributed by atoms with Crippen molar-refractivity contribution in [3.05, 3.63) is 101 Å². The molecule has 0 spiro atoms. The van der Waals surface area contributed by atoms with E-state index >= 15 is 0 Å². The number of nitrogen functional groups attached to an aromatic ring is 1. The first-order chi connectivity index (χ1) is 14.5. The minimum Gasteiger partial charge on any atom is -0.396 e. The van der Waals surface area contributed by atoms with Gasteiger partial charge in [-0.15, -0.1) is 0 Å². The number of anilines is 2. The van der Waals surface area contributed by atoms with Crippen LogP contribution in [0.25, 0.3) is 5.52 Å². The Bertz CT molecular complexity index is 1240. The smallest absolute Gasteiger partial charge is 0.259 e. The number of benzene rings is 2. The van der Waals surface area contributed by atoms with E-state index in [1.54, 1.807) is 40.9 Å². The summed E-state index contributed by atoms with van der Waals surface area (Å²) in [6, 6.07) is 18.0. The van der Waals surface area contributed by atoms with E-state index in [1.807, 2.05) is 19.1 Å². The van der Waals surface area contributed by atoms with Crippen molar-refractivity contribution in [3.8, 4) is 0 Å². The van der Waals surface area contributed by atoms with Crippen molar-refractivity contribution >= 4 is 28.6 Å². The average molecular weight is 401 g/mol. The third-order valence-electron chi connectivity index (χ3n) is 5.05. The average Bonchev–Trinajstić information content (AvgIpc) is 3.06. The minimum atomic E-state index is -0.469. The van der Waals surface area contributed by atoms with Gasteiger partial charge in [0.05, 0.1) is 16.8 Å². The summed E-state index contributed by atoms with van der Waals surface area (Å²) < 4.78 is 14.8. The molecule has 0 saturated carbocycles. The fraction of sp³-hybridized carbons (Fsp3) is 0.0833. The molecule has 0 aliphatic rings. The monoisotopic (exact) mass is 401 g/mol. The fourth-order valence-electron chi connectivity index (χ4n) is 3.45. The van der Waals surface area contributed by atoms with Crippen molar-refractivity contribution in [2.75, 3.05) is 11.1 Å². The molecule has 0 saturated heterocycles. The number of carbonyl (C=O) groups is 2. The van der Waals surface area contributed by atoms with Crippen LogP contribution in [0.15, 0.2) is 72.9 Å². The summed E-state index contributed by atoms with van der Waals surface area (Å²) in [7, 11) is 0. The summed E-state index contributed by atoms with van der Waals surface area (Å²) in [4.78, 5) is 26.2. The number of halogens is 1. The first-order valence-electron chi connectivity index (χ1n) is 9.58. The van der Waals surface area contributed by atoms with Gasteiger partial charge in [-0.25, -0.2) is 4.39 Å². The lowest BCUT2D eigenvalue weighted by Gasteiger charge is -2.06. The van der Waals surface area contributed by atoms with Gasteiger partial charge < -0.3 is 15.5 Å². The van der Waals surface area contributed by atoms with E-state index in [0.717, 1.165) is 12.0 Å². The lowest BCUT2D eigenvalue weighted by molar-refractivity contribution is 0.102. The molecule has 2 heterocycles. The number of nitrogens with zero attached hydrogens (tertiary/aromatic N) is 1. The summed E-state index contributed by atoms with van der Waals surface area (Å²) in [5.41, 5.74) is 9.43. The van der Waals surface area contributed by atoms with Gasteiger partial charge in [0.2, 0.25) is 5.78 Å². The van der Waals surface area contributed by atoms with Gasteiger partial charge in [0.15, 0.2) is 0 Å². The van der Waals surface area contributed by atoms with Gasteiger partial charge in [-0.3, -0.25) is 9.59 Å². The van der Waals surface area contributed by atoms with Crippen LogP contribution in [0.4, 0.5) is 15.8 Å². The third kappa shape index (κ3) is 3.43. The second kappa shape index (κ2) is 7.83. The van der Waals surface area contributed by atoms with Gasteiger partial charge in [-0.05, 0) is 48.4 Å². The van der Waals surface area contributed by atoms with Gasteiger partial charge >= 0.3 is 0 Å². The molecule has 2 aromatic heterocycles. The Morgan fingerprint density at radius 1 is 1.00 bits per heavy atom. The van der Waals surface area contributed by atoms with Crippen LogP contribution in [0.3, 0.4) is 0 Å². The Balaban J connectivity index is 1.78. The Morgan fingerprint density at radius 3 is 2.37 bits per heavy atom. The van der Waals surface area contributed by atoms with Crippen LogP contribution < -0.4 is 11.1 Å². The number of ketones is 1. The van der Waals surface area contributed by atoms with E-state index in [0.29, 0.717) is 16.8 Å². The van der Waals surface area contributed by atoms with Crippen molar-refractivity contribution in [2.24, 2.45) is 0 Å². The summed E-state index contributed by atoms with van der Waals surface area (Å²) in [5, 5.41) is 2.72. The quantitative estimate of drug-likeness (QED) is 0.476. The first-order valence-corrected chi connectivity index (χ1v) is 9.58. The number of rotatable bonds is 5. The Morgan fingerprint density at radius 2 is 1.70 bits per heavy atom. The highest BCUT2D eigenvalue weighted by atomic mass is 19.1. The van der Waals surface area contributed by atoms with Crippen molar-refractivity contribution < 1.29 is 14.0 Å². The molecular weight excluding hydrogens is 381 g/mol. The fourth-order valence-corrected chi connectivity index (χ4v) is 3.45. The molecule has 4 aromatic rings. The van der Waals surface area contributed by atoms with Crippen molar-refractivity contribution in [1.82, 2.24) is 4.40 Å². The highest BCUT2D eigenvalue weighted by molar-refractivity contribution is 6.20. The zero-order chi connectivity index (χ0) is 21.3. The molecule has 0 atom stereocenters. The van der Waals surface area contributed by atoms with Crippen LogP contribution in [0.1, 0.15) is 38.9 Å². The van der Waals surface area contributed by atoms with Gasteiger partial charge in [0, 0.05) is 17.4 Å². The summed E-state index contributed by atoms with van der Waals surface area (Å²) in [6.07, 6.45) is 2.58. The molecule has 30 heavy (non-hydrogen) atoms. The number of aromatic nitrogens is 1. The van der Waals surface area contributed by atoms with E-state index in [9.17, 15) is 14.0 Å². The number of nitrogens with two attached hydrogens (primary N) is 1. The zero-order valence-corrected chi connectivity index (χ0v) is 16.4. The molecule has 0 fully saturated rings. The van der Waals surface area contributed by atoms with E-state index in [2.05, 4.69) is 5.32 Å². The molecule has 6 heteroatoms. The number of hydrogen-bond donors (Lipinski definition) is 2. The minimum absolute atomic E-state index is 0.102. The van der Waals surface area contributed by atoms with E-state index < -0.39 is 11.7 Å². The summed E-state index contributed by atoms with van der Waals surface area (Å²) in [5.74, 6) is -1.14. The van der Waals surface area contributed by atoms with Crippen LogP contribution in [-0.2, 0) is 6.42 Å². The molecule has 150 valence electrons. The number of amides is 1. The standard InChI is InChI=1S/C24H20FN3O2/c1-2-15-6-8-16(9-7-15)23(29)22-21(26)20(19-5-3-4-14-28(19)22)24(30)27-18-12-10-17(25)11-13-18/h3-14H,2,26H2,1H3,(H,27,30). The highest BCUT2D eigenvalue weighted by Crippen LogP contribution is 2.29. The number of hydrogen-bond acceptors (Lipinski definition) is 3. The SMILES string of the molecule is CCc1ccc(C(=O)c2c(N)c(C(=O)Nc3ccc(F)cc3)c3ccccn23)cc1. The van der Waals surface area contributed by atoms with Crippen LogP contribution in [0, 0.1) is 5.82 Å². The molecule has 0 unspecified atom stereocenters. The van der Waals surface area contributed by atoms with E-state index in [4.69, 9.17) is 5.73 Å². The van der Waals surface area contributed by atoms with Crippen LogP contribution in [0.5, 0.6) is 0 Å². The molecule has 0 aliphatic heterocycles. The molecule has 0 radical (unpaired) electrons. The van der Waals surface area contributed by atoms with Gasteiger partial charge in [-0.1, -0.05) is 37.3 Å². The maximum Gasteiger partial charge on any atom is 0.259 e. The van der Waals surface area contributed by atoms with Gasteiger partial charge in [-0.2, -0.15) is 0 Å². The lowest BCUT2D eigenvalue weighted by atomic mass is 10.0. The molecular formula is C24H20FN3O2. The molecule has 1 amide bonds. The van der Waals surface area contributed by atoms with Gasteiger partial charge in [0.25, 0.3) is 5.91 Å². The largest absolute Gasteiger partial charge is 0.396 e. The van der Waals surface area contributed by atoms with Crippen molar-refractivity contribution in [3.63, 3.8) is 0 Å². The van der Waals surface area contributed by atoms with E-state index in [-0.39, 0.29) is 22.7 Å². The lowest BCUT2D eigenvalue weighted by Crippen LogP contribution is -2.14. The van der Waals surface area contributed by atoms with Crippen LogP contribution >= 0.6 is 0 Å². The highest BCUT2D eigenvalue weighted by Gasteiger charge is 2.26. The predicted octanol–water partition coefficient (Wildman–Crippen LogP) is 4.71. The molecule has 3 N–H and O–H groups in total. The second-order valence-corrected chi connectivity index (χ2v) is 6.93. The maximum atomic E-state index is 13.2. The summed E-state index contributed by atoms with van der Waals surface area (Å²) in [6.45, 7) is 2.04. The van der Waals surface area contributed by atoms with Gasteiger partial charge in [0.1, 0.15) is 11.5 Å². The Kier molecular flexibility index (Phi) is 5.06. The Hall–Kier alpha value is -3.93. The number of pyridine rings is 1. The second-order valence-electron chi connectivity index (χ2n) is 6.93. The van der Waals surface area contributed by atoms with Crippen LogP contribution in [-0.4, -0.2) is 16.1 Å². The first kappa shape index (κ1) is 19.4. The number of aryl methyl sites for hydroxylation is 1. The normalized spacial score (nSPS) is 10.9. The van der Waals surface area contributed by atoms with Crippen LogP contribution in [0.2, 0.25) is 0 Å². The molecule has 0 bridgehead atoms. The molecule has 4 rings (SSSR count). The predicted molar refractivity (Wildman–Crippen MR) is 115 cm³/mol. The number of carbonyl (C=O) groups excluding carboxylic acids is 2. The maximum absolute atomic E-state index is 13.2. The number of nitrogens with one attached hydrogen (secondary N) is 1. The zero-order valence-electron chi connectivity index (χ0n) is 16.4.